The number of nitrogens with zero attached hydrogens (tertiary/aromatic N) is 1. The zero-order valence-corrected chi connectivity index (χ0v) is 9.42. The van der Waals surface area contributed by atoms with Gasteiger partial charge in [-0.2, -0.15) is 0 Å². The quantitative estimate of drug-likeness (QED) is 0.800. The van der Waals surface area contributed by atoms with Crippen molar-refractivity contribution in [3.63, 3.8) is 0 Å². The Labute approximate surface area is 98.1 Å². The molecular formula is C12H10ClFN2. The summed E-state index contributed by atoms with van der Waals surface area (Å²) in [6, 6.07) is 10.0. The van der Waals surface area contributed by atoms with Crippen molar-refractivity contribution in [3.05, 3.63) is 52.9 Å². The summed E-state index contributed by atoms with van der Waals surface area (Å²) in [5.74, 6) is 0.212. The lowest BCUT2D eigenvalue weighted by Gasteiger charge is -2.07. The van der Waals surface area contributed by atoms with E-state index in [0.29, 0.717) is 16.7 Å². The van der Waals surface area contributed by atoms with Crippen molar-refractivity contribution in [1.82, 2.24) is 4.98 Å². The van der Waals surface area contributed by atoms with Crippen LogP contribution in [-0.2, 0) is 0 Å². The average molecular weight is 237 g/mol. The van der Waals surface area contributed by atoms with Crippen molar-refractivity contribution >= 4 is 23.1 Å². The number of hydrogen-bond acceptors (Lipinski definition) is 2. The van der Waals surface area contributed by atoms with E-state index in [1.807, 2.05) is 6.92 Å². The number of nitrogens with one attached hydrogen (secondary N) is 1. The molecule has 1 N–H and O–H groups in total. The molecule has 2 rings (SSSR count). The van der Waals surface area contributed by atoms with Crippen molar-refractivity contribution in [1.29, 1.82) is 0 Å². The maximum Gasteiger partial charge on any atom is 0.146 e. The number of aromatic nitrogens is 1. The van der Waals surface area contributed by atoms with Crippen molar-refractivity contribution < 1.29 is 4.39 Å². The van der Waals surface area contributed by atoms with E-state index in [-0.39, 0.29) is 5.82 Å². The second-order valence-electron chi connectivity index (χ2n) is 3.45. The lowest BCUT2D eigenvalue weighted by molar-refractivity contribution is 0.631. The smallest absolute Gasteiger partial charge is 0.146 e. The molecule has 0 amide bonds. The van der Waals surface area contributed by atoms with E-state index in [1.54, 1.807) is 30.3 Å². The fraction of sp³-hybridized carbons (Fsp3) is 0.0833. The Morgan fingerprint density at radius 1 is 1.25 bits per heavy atom. The predicted octanol–water partition coefficient (Wildman–Crippen LogP) is 3.93. The number of aryl methyl sites for hydroxylation is 1. The summed E-state index contributed by atoms with van der Waals surface area (Å²) in [7, 11) is 0. The molecule has 1 aromatic heterocycles. The standard InChI is InChI=1S/C12H10ClFN2/c1-8-5-6-9(14)10(7-8)15-12-4-2-3-11(13)16-12/h2-7H,1H3,(H,15,16). The maximum absolute atomic E-state index is 13.4. The van der Waals surface area contributed by atoms with Gasteiger partial charge in [-0.05, 0) is 36.8 Å². The first-order chi connectivity index (χ1) is 7.65. The van der Waals surface area contributed by atoms with Crippen LogP contribution < -0.4 is 5.32 Å². The zero-order chi connectivity index (χ0) is 11.5. The Morgan fingerprint density at radius 2 is 2.06 bits per heavy atom. The van der Waals surface area contributed by atoms with Gasteiger partial charge in [0.2, 0.25) is 0 Å². The number of anilines is 2. The molecule has 1 heterocycles. The van der Waals surface area contributed by atoms with Gasteiger partial charge in [0, 0.05) is 0 Å². The van der Waals surface area contributed by atoms with E-state index in [9.17, 15) is 4.39 Å². The average Bonchev–Trinajstić information content (AvgIpc) is 2.24. The van der Waals surface area contributed by atoms with Gasteiger partial charge in [-0.3, -0.25) is 0 Å². The summed E-state index contributed by atoms with van der Waals surface area (Å²) >= 11 is 5.74. The molecule has 0 radical (unpaired) electrons. The highest BCUT2D eigenvalue weighted by Crippen LogP contribution is 2.20. The van der Waals surface area contributed by atoms with Crippen LogP contribution in [-0.4, -0.2) is 4.98 Å². The van der Waals surface area contributed by atoms with Crippen LogP contribution in [0, 0.1) is 12.7 Å². The SMILES string of the molecule is Cc1ccc(F)c(Nc2cccc(Cl)n2)c1. The van der Waals surface area contributed by atoms with Crippen molar-refractivity contribution in [2.75, 3.05) is 5.32 Å². The molecule has 0 bridgehead atoms. The fourth-order valence-electron chi connectivity index (χ4n) is 1.35. The minimum absolute atomic E-state index is 0.313. The second kappa shape index (κ2) is 4.49. The van der Waals surface area contributed by atoms with Gasteiger partial charge in [-0.1, -0.05) is 23.7 Å². The van der Waals surface area contributed by atoms with Crippen LogP contribution in [0.2, 0.25) is 5.15 Å². The van der Waals surface area contributed by atoms with Gasteiger partial charge in [0.1, 0.15) is 16.8 Å². The first-order valence-corrected chi connectivity index (χ1v) is 5.19. The maximum atomic E-state index is 13.4. The molecule has 2 nitrogen and oxygen atoms in total. The molecule has 0 unspecified atom stereocenters. The molecule has 16 heavy (non-hydrogen) atoms. The van der Waals surface area contributed by atoms with Gasteiger partial charge >= 0.3 is 0 Å². The molecule has 1 aromatic carbocycles. The second-order valence-corrected chi connectivity index (χ2v) is 3.84. The summed E-state index contributed by atoms with van der Waals surface area (Å²) in [6.45, 7) is 1.90. The number of hydrogen-bond donors (Lipinski definition) is 1. The molecule has 0 aliphatic heterocycles. The van der Waals surface area contributed by atoms with Gasteiger partial charge in [0.15, 0.2) is 0 Å². The summed E-state index contributed by atoms with van der Waals surface area (Å²) in [6.07, 6.45) is 0. The first-order valence-electron chi connectivity index (χ1n) is 4.81. The van der Waals surface area contributed by atoms with E-state index < -0.39 is 0 Å². The monoisotopic (exact) mass is 236 g/mol. The Hall–Kier alpha value is -1.61. The van der Waals surface area contributed by atoms with Gasteiger partial charge in [0.25, 0.3) is 0 Å². The molecule has 0 fully saturated rings. The first kappa shape index (κ1) is 10.9. The predicted molar refractivity (Wildman–Crippen MR) is 63.7 cm³/mol. The summed E-state index contributed by atoms with van der Waals surface area (Å²) in [5.41, 5.74) is 1.38. The molecule has 0 aliphatic rings. The third-order valence-electron chi connectivity index (χ3n) is 2.10. The van der Waals surface area contributed by atoms with Crippen LogP contribution in [0.4, 0.5) is 15.9 Å². The summed E-state index contributed by atoms with van der Waals surface area (Å²) < 4.78 is 13.4. The molecule has 0 spiro atoms. The molecule has 4 heteroatoms. The van der Waals surface area contributed by atoms with Crippen LogP contribution in [0.1, 0.15) is 5.56 Å². The van der Waals surface area contributed by atoms with Crippen LogP contribution >= 0.6 is 11.6 Å². The Bertz CT molecular complexity index is 514. The number of rotatable bonds is 2. The molecule has 0 saturated carbocycles. The Kier molecular flexibility index (Phi) is 3.06. The molecule has 2 aromatic rings. The van der Waals surface area contributed by atoms with Crippen LogP contribution in [0.3, 0.4) is 0 Å². The van der Waals surface area contributed by atoms with Gasteiger partial charge < -0.3 is 5.32 Å². The topological polar surface area (TPSA) is 24.9 Å². The van der Waals surface area contributed by atoms with Crippen molar-refractivity contribution in [2.24, 2.45) is 0 Å². The highest BCUT2D eigenvalue weighted by Gasteiger charge is 2.03. The number of halogens is 2. The molecule has 82 valence electrons. The lowest BCUT2D eigenvalue weighted by atomic mass is 10.2. The third-order valence-corrected chi connectivity index (χ3v) is 2.31. The van der Waals surface area contributed by atoms with E-state index in [0.717, 1.165) is 5.56 Å². The Balaban J connectivity index is 2.30. The van der Waals surface area contributed by atoms with Crippen molar-refractivity contribution in [3.8, 4) is 0 Å². The minimum Gasteiger partial charge on any atom is -0.338 e. The largest absolute Gasteiger partial charge is 0.338 e. The van der Waals surface area contributed by atoms with Crippen molar-refractivity contribution in [2.45, 2.75) is 6.92 Å². The van der Waals surface area contributed by atoms with Gasteiger partial charge in [-0.25, -0.2) is 9.37 Å². The summed E-state index contributed by atoms with van der Waals surface area (Å²) in [4.78, 5) is 4.03. The van der Waals surface area contributed by atoms with Gasteiger partial charge in [0.05, 0.1) is 5.69 Å². The molecular weight excluding hydrogens is 227 g/mol. The third kappa shape index (κ3) is 2.49. The molecule has 0 aliphatic carbocycles. The van der Waals surface area contributed by atoms with Crippen LogP contribution in [0.5, 0.6) is 0 Å². The number of pyridine rings is 1. The Morgan fingerprint density at radius 3 is 2.81 bits per heavy atom. The van der Waals surface area contributed by atoms with Gasteiger partial charge in [-0.15, -0.1) is 0 Å². The molecule has 0 atom stereocenters. The lowest BCUT2D eigenvalue weighted by Crippen LogP contribution is -1.96. The highest BCUT2D eigenvalue weighted by atomic mass is 35.5. The fourth-order valence-corrected chi connectivity index (χ4v) is 1.51. The van der Waals surface area contributed by atoms with E-state index >= 15 is 0 Å². The van der Waals surface area contributed by atoms with E-state index in [2.05, 4.69) is 10.3 Å². The highest BCUT2D eigenvalue weighted by molar-refractivity contribution is 6.29. The zero-order valence-electron chi connectivity index (χ0n) is 8.67. The van der Waals surface area contributed by atoms with E-state index in [4.69, 9.17) is 11.6 Å². The van der Waals surface area contributed by atoms with Crippen LogP contribution in [0.15, 0.2) is 36.4 Å². The number of benzene rings is 1. The normalized spacial score (nSPS) is 10.2. The van der Waals surface area contributed by atoms with E-state index in [1.165, 1.54) is 6.07 Å². The minimum atomic E-state index is -0.313. The summed E-state index contributed by atoms with van der Waals surface area (Å²) in [5, 5.41) is 3.26. The molecule has 0 saturated heterocycles. The van der Waals surface area contributed by atoms with Crippen LogP contribution in [0.25, 0.3) is 0 Å².